The minimum absolute atomic E-state index is 0.163. The lowest BCUT2D eigenvalue weighted by molar-refractivity contribution is -0.117. The van der Waals surface area contributed by atoms with Crippen molar-refractivity contribution in [1.82, 2.24) is 4.90 Å². The molecule has 0 bridgehead atoms. The van der Waals surface area contributed by atoms with Gasteiger partial charge in [0.15, 0.2) is 0 Å². The molecule has 1 fully saturated rings. The highest BCUT2D eigenvalue weighted by Crippen LogP contribution is 2.20. The van der Waals surface area contributed by atoms with E-state index in [-0.39, 0.29) is 24.8 Å². The predicted molar refractivity (Wildman–Crippen MR) is 106 cm³/mol. The average Bonchev–Trinajstić information content (AvgIpc) is 3.17. The summed E-state index contributed by atoms with van der Waals surface area (Å²) < 4.78 is 32.9. The molecule has 0 saturated carbocycles. The van der Waals surface area contributed by atoms with Crippen molar-refractivity contribution in [3.05, 3.63) is 64.7 Å². The number of hydrogen-bond donors (Lipinski definition) is 1. The van der Waals surface area contributed by atoms with Crippen LogP contribution in [0, 0.1) is 25.5 Å². The highest BCUT2D eigenvalue weighted by Gasteiger charge is 2.27. The second-order valence-corrected chi connectivity index (χ2v) is 7.24. The Morgan fingerprint density at radius 3 is 2.69 bits per heavy atom. The molecule has 1 heterocycles. The van der Waals surface area contributed by atoms with Gasteiger partial charge in [-0.1, -0.05) is 12.1 Å². The zero-order chi connectivity index (χ0) is 21.0. The summed E-state index contributed by atoms with van der Waals surface area (Å²) in [4.78, 5) is 26.8. The third-order valence-corrected chi connectivity index (χ3v) is 5.11. The van der Waals surface area contributed by atoms with Gasteiger partial charge in [0, 0.05) is 24.9 Å². The number of carbonyl (C=O) groups excluding carboxylic acids is 2. The normalized spacial score (nSPS) is 15.9. The second kappa shape index (κ2) is 9.13. The van der Waals surface area contributed by atoms with Crippen LogP contribution in [0.5, 0.6) is 0 Å². The van der Waals surface area contributed by atoms with Crippen LogP contribution in [-0.2, 0) is 9.53 Å². The van der Waals surface area contributed by atoms with E-state index in [2.05, 4.69) is 5.32 Å². The summed E-state index contributed by atoms with van der Waals surface area (Å²) in [5.41, 5.74) is 2.35. The predicted octanol–water partition coefficient (Wildman–Crippen LogP) is 3.84. The molecule has 0 radical (unpaired) electrons. The van der Waals surface area contributed by atoms with Crippen LogP contribution >= 0.6 is 0 Å². The number of anilines is 1. The van der Waals surface area contributed by atoms with E-state index in [1.54, 1.807) is 6.07 Å². The lowest BCUT2D eigenvalue weighted by Crippen LogP contribution is -2.42. The Kier molecular flexibility index (Phi) is 6.59. The largest absolute Gasteiger partial charge is 0.376 e. The zero-order valence-corrected chi connectivity index (χ0v) is 16.5. The Morgan fingerprint density at radius 1 is 1.21 bits per heavy atom. The number of hydrogen-bond acceptors (Lipinski definition) is 3. The van der Waals surface area contributed by atoms with E-state index in [9.17, 15) is 18.4 Å². The van der Waals surface area contributed by atoms with E-state index in [4.69, 9.17) is 4.74 Å². The Balaban J connectivity index is 1.78. The number of benzene rings is 2. The van der Waals surface area contributed by atoms with Crippen molar-refractivity contribution in [2.75, 3.05) is 25.0 Å². The summed E-state index contributed by atoms with van der Waals surface area (Å²) in [6, 6.07) is 8.34. The van der Waals surface area contributed by atoms with E-state index >= 15 is 0 Å². The molecule has 29 heavy (non-hydrogen) atoms. The maximum Gasteiger partial charge on any atom is 0.257 e. The zero-order valence-electron chi connectivity index (χ0n) is 16.5. The fourth-order valence-electron chi connectivity index (χ4n) is 3.34. The van der Waals surface area contributed by atoms with Gasteiger partial charge in [-0.15, -0.1) is 0 Å². The van der Waals surface area contributed by atoms with Crippen LogP contribution in [0.3, 0.4) is 0 Å². The molecular formula is C22H24F2N2O3. The maximum absolute atomic E-state index is 14.1. The molecule has 1 aliphatic rings. The molecule has 154 valence electrons. The van der Waals surface area contributed by atoms with E-state index in [1.165, 1.54) is 4.90 Å². The van der Waals surface area contributed by atoms with Crippen LogP contribution in [0.15, 0.2) is 36.4 Å². The minimum Gasteiger partial charge on any atom is -0.376 e. The van der Waals surface area contributed by atoms with Crippen LogP contribution in [0.1, 0.15) is 34.3 Å². The molecule has 1 atom stereocenters. The highest BCUT2D eigenvalue weighted by molar-refractivity contribution is 5.99. The van der Waals surface area contributed by atoms with Crippen LogP contribution in [-0.4, -0.2) is 42.5 Å². The molecule has 0 spiro atoms. The summed E-state index contributed by atoms with van der Waals surface area (Å²) in [6.45, 7) is 4.33. The van der Waals surface area contributed by atoms with Crippen LogP contribution < -0.4 is 5.32 Å². The number of nitrogens with zero attached hydrogens (tertiary/aromatic N) is 1. The van der Waals surface area contributed by atoms with Crippen molar-refractivity contribution in [3.8, 4) is 0 Å². The van der Waals surface area contributed by atoms with Gasteiger partial charge in [0.2, 0.25) is 5.91 Å². The van der Waals surface area contributed by atoms with E-state index in [0.29, 0.717) is 18.4 Å². The molecule has 2 aromatic carbocycles. The van der Waals surface area contributed by atoms with Crippen LogP contribution in [0.25, 0.3) is 0 Å². The average molecular weight is 402 g/mol. The van der Waals surface area contributed by atoms with E-state index in [1.807, 2.05) is 26.0 Å². The summed E-state index contributed by atoms with van der Waals surface area (Å²) in [5, 5.41) is 2.81. The number of ether oxygens (including phenoxy) is 1. The first kappa shape index (κ1) is 20.9. The molecule has 2 aromatic rings. The number of nitrogens with one attached hydrogen (secondary N) is 1. The molecule has 7 heteroatoms. The topological polar surface area (TPSA) is 58.6 Å². The molecular weight excluding hydrogens is 378 g/mol. The summed E-state index contributed by atoms with van der Waals surface area (Å²) >= 11 is 0. The number of rotatable bonds is 6. The first-order valence-corrected chi connectivity index (χ1v) is 9.57. The molecule has 1 aliphatic heterocycles. The van der Waals surface area contributed by atoms with E-state index < -0.39 is 23.4 Å². The minimum atomic E-state index is -0.956. The van der Waals surface area contributed by atoms with Gasteiger partial charge < -0.3 is 15.0 Å². The summed E-state index contributed by atoms with van der Waals surface area (Å²) in [6.07, 6.45) is 1.41. The Morgan fingerprint density at radius 2 is 2.00 bits per heavy atom. The van der Waals surface area contributed by atoms with Gasteiger partial charge in [-0.2, -0.15) is 0 Å². The second-order valence-electron chi connectivity index (χ2n) is 7.24. The lowest BCUT2D eigenvalue weighted by Gasteiger charge is -2.25. The molecule has 1 saturated heterocycles. The standard InChI is InChI=1S/C22H24F2N2O3/c1-14-5-3-7-20(15(14)2)25-21(27)13-26(12-17-6-4-10-29-17)22(28)18-9-8-16(23)11-19(18)24/h3,5,7-9,11,17H,4,6,10,12-13H2,1-2H3,(H,25,27)/t17-/m1/s1. The molecule has 1 N–H and O–H groups in total. The number of aryl methyl sites for hydroxylation is 1. The fraction of sp³-hybridized carbons (Fsp3) is 0.364. The van der Waals surface area contributed by atoms with Crippen molar-refractivity contribution in [2.45, 2.75) is 32.8 Å². The van der Waals surface area contributed by atoms with Gasteiger partial charge >= 0.3 is 0 Å². The number of halogens is 2. The molecule has 0 aromatic heterocycles. The Labute approximate surface area is 168 Å². The Hall–Kier alpha value is -2.80. The van der Waals surface area contributed by atoms with Crippen molar-refractivity contribution in [3.63, 3.8) is 0 Å². The number of amides is 2. The summed E-state index contributed by atoms with van der Waals surface area (Å²) in [5.74, 6) is -2.79. The monoisotopic (exact) mass is 402 g/mol. The third kappa shape index (κ3) is 5.17. The van der Waals surface area contributed by atoms with Gasteiger partial charge in [0.1, 0.15) is 18.2 Å². The van der Waals surface area contributed by atoms with Crippen molar-refractivity contribution in [2.24, 2.45) is 0 Å². The molecule has 0 unspecified atom stereocenters. The van der Waals surface area contributed by atoms with Crippen LogP contribution in [0.4, 0.5) is 14.5 Å². The molecule has 3 rings (SSSR count). The smallest absolute Gasteiger partial charge is 0.257 e. The number of carbonyl (C=O) groups is 2. The van der Waals surface area contributed by atoms with Gasteiger partial charge in [-0.25, -0.2) is 8.78 Å². The van der Waals surface area contributed by atoms with Crippen molar-refractivity contribution < 1.29 is 23.1 Å². The first-order valence-electron chi connectivity index (χ1n) is 9.57. The SMILES string of the molecule is Cc1cccc(NC(=O)CN(C[C@H]2CCCO2)C(=O)c2ccc(F)cc2F)c1C. The third-order valence-electron chi connectivity index (χ3n) is 5.11. The molecule has 5 nitrogen and oxygen atoms in total. The molecule has 2 amide bonds. The lowest BCUT2D eigenvalue weighted by atomic mass is 10.1. The highest BCUT2D eigenvalue weighted by atomic mass is 19.1. The van der Waals surface area contributed by atoms with Gasteiger partial charge in [-0.05, 0) is 56.0 Å². The Bertz CT molecular complexity index is 911. The van der Waals surface area contributed by atoms with Gasteiger partial charge in [0.05, 0.1) is 11.7 Å². The van der Waals surface area contributed by atoms with E-state index in [0.717, 1.165) is 36.1 Å². The first-order chi connectivity index (χ1) is 13.8. The molecule has 0 aliphatic carbocycles. The summed E-state index contributed by atoms with van der Waals surface area (Å²) in [7, 11) is 0. The van der Waals surface area contributed by atoms with Gasteiger partial charge in [0.25, 0.3) is 5.91 Å². The van der Waals surface area contributed by atoms with Crippen molar-refractivity contribution >= 4 is 17.5 Å². The fourth-order valence-corrected chi connectivity index (χ4v) is 3.34. The van der Waals surface area contributed by atoms with Gasteiger partial charge in [-0.3, -0.25) is 9.59 Å². The van der Waals surface area contributed by atoms with Crippen LogP contribution in [0.2, 0.25) is 0 Å². The quantitative estimate of drug-likeness (QED) is 0.799. The maximum atomic E-state index is 14.1. The van der Waals surface area contributed by atoms with Crippen molar-refractivity contribution in [1.29, 1.82) is 0 Å².